The molecule has 3 unspecified atom stereocenters. The van der Waals surface area contributed by atoms with E-state index >= 15 is 0 Å². The molecule has 1 rings (SSSR count). The van der Waals surface area contributed by atoms with Crippen LogP contribution in [0.5, 0.6) is 0 Å². The highest BCUT2D eigenvalue weighted by Gasteiger charge is 2.37. The molecule has 11 heavy (non-hydrogen) atoms. The second-order valence-corrected chi connectivity index (χ2v) is 3.12. The van der Waals surface area contributed by atoms with Crippen molar-refractivity contribution >= 4 is 0 Å². The van der Waals surface area contributed by atoms with Crippen LogP contribution in [0.15, 0.2) is 0 Å². The molecule has 1 aliphatic carbocycles. The van der Waals surface area contributed by atoms with Crippen LogP contribution in [0.3, 0.4) is 0 Å². The number of aliphatic hydroxyl groups excluding tert-OH is 2. The van der Waals surface area contributed by atoms with Crippen molar-refractivity contribution in [2.75, 3.05) is 0 Å². The average molecular weight is 161 g/mol. The molecule has 5 nitrogen and oxygen atoms in total. The van der Waals surface area contributed by atoms with Gasteiger partial charge < -0.3 is 27.4 Å². The first-order valence-electron chi connectivity index (χ1n) is 3.67. The maximum atomic E-state index is 9.27. The van der Waals surface area contributed by atoms with Crippen LogP contribution in [0.4, 0.5) is 0 Å². The lowest BCUT2D eigenvalue weighted by atomic mass is 9.84. The van der Waals surface area contributed by atoms with Gasteiger partial charge >= 0.3 is 0 Å². The van der Waals surface area contributed by atoms with Crippen LogP contribution in [0.25, 0.3) is 0 Å². The molecule has 0 aromatic heterocycles. The Morgan fingerprint density at radius 1 is 0.909 bits per heavy atom. The van der Waals surface area contributed by atoms with Gasteiger partial charge in [0.05, 0.1) is 18.2 Å². The Morgan fingerprint density at radius 2 is 1.27 bits per heavy atom. The molecule has 1 saturated carbocycles. The Labute approximate surface area is 65.2 Å². The van der Waals surface area contributed by atoms with Gasteiger partial charge in [-0.3, -0.25) is 0 Å². The summed E-state index contributed by atoms with van der Waals surface area (Å²) in [6.07, 6.45) is -1.27. The summed E-state index contributed by atoms with van der Waals surface area (Å²) in [5.74, 6) is 0. The molecule has 5 heteroatoms. The largest absolute Gasteiger partial charge is 0.390 e. The smallest absolute Gasteiger partial charge is 0.0868 e. The van der Waals surface area contributed by atoms with E-state index in [4.69, 9.17) is 17.2 Å². The number of nitrogens with two attached hydrogens (primary N) is 3. The van der Waals surface area contributed by atoms with Gasteiger partial charge in [0.15, 0.2) is 0 Å². The van der Waals surface area contributed by atoms with Crippen molar-refractivity contribution in [3.8, 4) is 0 Å². The van der Waals surface area contributed by atoms with Crippen molar-refractivity contribution < 1.29 is 10.2 Å². The predicted octanol–water partition coefficient (Wildman–Crippen LogP) is -2.91. The molecule has 5 atom stereocenters. The number of aliphatic hydroxyl groups is 2. The van der Waals surface area contributed by atoms with Gasteiger partial charge in [0.25, 0.3) is 0 Å². The van der Waals surface area contributed by atoms with Crippen molar-refractivity contribution in [3.63, 3.8) is 0 Å². The van der Waals surface area contributed by atoms with Gasteiger partial charge in [0, 0.05) is 12.1 Å². The molecule has 8 N–H and O–H groups in total. The van der Waals surface area contributed by atoms with Crippen molar-refractivity contribution in [2.45, 2.75) is 36.8 Å². The molecule has 0 saturated heterocycles. The standard InChI is InChI=1S/C6H15N3O2/c7-2-1-3(8)6(11)4(9)5(2)10/h2-6,10-11H,1,7-9H2/t2-,3?,4?,5?,6-/m1/s1. The molecular formula is C6H15N3O2. The summed E-state index contributed by atoms with van der Waals surface area (Å²) in [7, 11) is 0. The fourth-order valence-corrected chi connectivity index (χ4v) is 1.37. The Balaban J connectivity index is 2.63. The minimum atomic E-state index is -0.843. The second kappa shape index (κ2) is 3.04. The molecular weight excluding hydrogens is 146 g/mol. The molecule has 66 valence electrons. The molecule has 0 aliphatic heterocycles. The molecule has 0 heterocycles. The Morgan fingerprint density at radius 3 is 1.64 bits per heavy atom. The molecule has 0 bridgehead atoms. The van der Waals surface area contributed by atoms with E-state index in [-0.39, 0.29) is 0 Å². The SMILES string of the molecule is NC1C[C@@H](N)C(O)C(N)[C@@H]1O. The van der Waals surface area contributed by atoms with Crippen LogP contribution in [0.2, 0.25) is 0 Å². The number of rotatable bonds is 0. The quantitative estimate of drug-likeness (QED) is 0.261. The third kappa shape index (κ3) is 1.52. The van der Waals surface area contributed by atoms with E-state index in [0.29, 0.717) is 6.42 Å². The zero-order valence-corrected chi connectivity index (χ0v) is 6.22. The van der Waals surface area contributed by atoms with Gasteiger partial charge in [-0.05, 0) is 6.42 Å². The average Bonchev–Trinajstić information content (AvgIpc) is 1.97. The Bertz CT molecular complexity index is 130. The lowest BCUT2D eigenvalue weighted by molar-refractivity contribution is -0.00665. The van der Waals surface area contributed by atoms with Crippen LogP contribution in [-0.2, 0) is 0 Å². The highest BCUT2D eigenvalue weighted by atomic mass is 16.3. The fourth-order valence-electron chi connectivity index (χ4n) is 1.37. The summed E-state index contributed by atoms with van der Waals surface area (Å²) in [5.41, 5.74) is 16.4. The number of hydrogen-bond acceptors (Lipinski definition) is 5. The zero-order valence-electron chi connectivity index (χ0n) is 6.22. The van der Waals surface area contributed by atoms with E-state index in [1.807, 2.05) is 0 Å². The first kappa shape index (κ1) is 8.89. The van der Waals surface area contributed by atoms with Gasteiger partial charge in [0.2, 0.25) is 0 Å². The normalized spacial score (nSPS) is 52.6. The van der Waals surface area contributed by atoms with E-state index in [9.17, 15) is 10.2 Å². The Kier molecular flexibility index (Phi) is 2.46. The first-order valence-corrected chi connectivity index (χ1v) is 3.67. The van der Waals surface area contributed by atoms with E-state index in [0.717, 1.165) is 0 Å². The molecule has 0 aromatic rings. The summed E-state index contributed by atoms with van der Waals surface area (Å²) in [6, 6.07) is -1.54. The minimum absolute atomic E-state index is 0.413. The summed E-state index contributed by atoms with van der Waals surface area (Å²) < 4.78 is 0. The van der Waals surface area contributed by atoms with Crippen molar-refractivity contribution in [2.24, 2.45) is 17.2 Å². The first-order chi connectivity index (χ1) is 5.04. The van der Waals surface area contributed by atoms with Crippen molar-refractivity contribution in [1.29, 1.82) is 0 Å². The van der Waals surface area contributed by atoms with Gasteiger partial charge in [-0.25, -0.2) is 0 Å². The molecule has 0 amide bonds. The van der Waals surface area contributed by atoms with Gasteiger partial charge in [-0.1, -0.05) is 0 Å². The van der Waals surface area contributed by atoms with Gasteiger partial charge in [-0.15, -0.1) is 0 Å². The third-order valence-corrected chi connectivity index (χ3v) is 2.21. The van der Waals surface area contributed by atoms with Gasteiger partial charge in [0.1, 0.15) is 0 Å². The van der Waals surface area contributed by atoms with Crippen molar-refractivity contribution in [3.05, 3.63) is 0 Å². The van der Waals surface area contributed by atoms with E-state index in [1.165, 1.54) is 0 Å². The van der Waals surface area contributed by atoms with Crippen LogP contribution < -0.4 is 17.2 Å². The molecule has 1 fully saturated rings. The van der Waals surface area contributed by atoms with Crippen LogP contribution in [-0.4, -0.2) is 40.5 Å². The maximum absolute atomic E-state index is 9.27. The van der Waals surface area contributed by atoms with Crippen LogP contribution in [0.1, 0.15) is 6.42 Å². The van der Waals surface area contributed by atoms with Crippen LogP contribution >= 0.6 is 0 Å². The lowest BCUT2D eigenvalue weighted by Crippen LogP contribution is -2.64. The third-order valence-electron chi connectivity index (χ3n) is 2.21. The highest BCUT2D eigenvalue weighted by Crippen LogP contribution is 2.15. The second-order valence-electron chi connectivity index (χ2n) is 3.12. The van der Waals surface area contributed by atoms with E-state index < -0.39 is 30.3 Å². The monoisotopic (exact) mass is 161 g/mol. The summed E-state index contributed by atoms with van der Waals surface area (Å²) >= 11 is 0. The lowest BCUT2D eigenvalue weighted by Gasteiger charge is -2.37. The maximum Gasteiger partial charge on any atom is 0.0868 e. The minimum Gasteiger partial charge on any atom is -0.390 e. The number of hydrogen-bond donors (Lipinski definition) is 5. The molecule has 1 aliphatic rings. The van der Waals surface area contributed by atoms with Crippen LogP contribution in [0, 0.1) is 0 Å². The summed E-state index contributed by atoms with van der Waals surface area (Å²) in [5, 5.41) is 18.5. The van der Waals surface area contributed by atoms with Crippen molar-refractivity contribution in [1.82, 2.24) is 0 Å². The molecule has 0 spiro atoms. The molecule has 0 radical (unpaired) electrons. The molecule has 0 aromatic carbocycles. The Hall–Kier alpha value is -0.200. The summed E-state index contributed by atoms with van der Waals surface area (Å²) in [4.78, 5) is 0. The van der Waals surface area contributed by atoms with E-state index in [1.54, 1.807) is 0 Å². The predicted molar refractivity (Wildman–Crippen MR) is 40.6 cm³/mol. The summed E-state index contributed by atoms with van der Waals surface area (Å²) in [6.45, 7) is 0. The van der Waals surface area contributed by atoms with Gasteiger partial charge in [-0.2, -0.15) is 0 Å². The fraction of sp³-hybridized carbons (Fsp3) is 1.00. The zero-order chi connectivity index (χ0) is 8.59. The highest BCUT2D eigenvalue weighted by molar-refractivity contribution is 4.98. The topological polar surface area (TPSA) is 119 Å². The van der Waals surface area contributed by atoms with E-state index in [2.05, 4.69) is 0 Å².